The van der Waals surface area contributed by atoms with Crippen molar-refractivity contribution in [2.24, 2.45) is 10.7 Å². The molecule has 108 valence electrons. The number of hydrogen-bond donors (Lipinski definition) is 2. The molecule has 0 amide bonds. The zero-order valence-corrected chi connectivity index (χ0v) is 13.0. The number of amidine groups is 1. The number of aliphatic imine (C=N–C) groups is 1. The Bertz CT molecular complexity index is 524. The van der Waals surface area contributed by atoms with E-state index in [9.17, 15) is 0 Å². The van der Waals surface area contributed by atoms with Crippen molar-refractivity contribution >= 4 is 45.8 Å². The second-order valence-electron chi connectivity index (χ2n) is 4.60. The highest BCUT2D eigenvalue weighted by atomic mass is 35.5. The van der Waals surface area contributed by atoms with Crippen LogP contribution in [0, 0.1) is 5.41 Å². The van der Waals surface area contributed by atoms with Crippen LogP contribution in [0.1, 0.15) is 12.0 Å². The third-order valence-electron chi connectivity index (χ3n) is 3.26. The van der Waals surface area contributed by atoms with Gasteiger partial charge in [0.1, 0.15) is 5.84 Å². The maximum atomic E-state index is 7.45. The van der Waals surface area contributed by atoms with Gasteiger partial charge in [-0.2, -0.15) is 0 Å². The first-order chi connectivity index (χ1) is 9.49. The van der Waals surface area contributed by atoms with Gasteiger partial charge in [0.25, 0.3) is 0 Å². The van der Waals surface area contributed by atoms with Gasteiger partial charge in [0.05, 0.1) is 17.8 Å². The smallest absolute Gasteiger partial charge is 0.112 e. The van der Waals surface area contributed by atoms with Crippen molar-refractivity contribution in [3.63, 3.8) is 0 Å². The van der Waals surface area contributed by atoms with E-state index in [0.717, 1.165) is 12.1 Å². The fourth-order valence-electron chi connectivity index (χ4n) is 2.23. The van der Waals surface area contributed by atoms with E-state index >= 15 is 0 Å². The molecule has 0 spiro atoms. The van der Waals surface area contributed by atoms with Crippen molar-refractivity contribution in [3.05, 3.63) is 33.8 Å². The first-order valence-corrected chi connectivity index (χ1v) is 7.32. The van der Waals surface area contributed by atoms with E-state index < -0.39 is 0 Å². The van der Waals surface area contributed by atoms with Gasteiger partial charge in [0.2, 0.25) is 0 Å². The van der Waals surface area contributed by atoms with Gasteiger partial charge in [-0.15, -0.1) is 0 Å². The van der Waals surface area contributed by atoms with Crippen molar-refractivity contribution in [1.82, 2.24) is 4.90 Å². The molecular weight excluding hydrogens is 319 g/mol. The van der Waals surface area contributed by atoms with Crippen LogP contribution in [0.3, 0.4) is 0 Å². The average molecular weight is 334 g/mol. The van der Waals surface area contributed by atoms with Gasteiger partial charge in [-0.05, 0) is 12.1 Å². The predicted octanol–water partition coefficient (Wildman–Crippen LogP) is 3.14. The summed E-state index contributed by atoms with van der Waals surface area (Å²) in [5, 5.41) is 8.76. The van der Waals surface area contributed by atoms with E-state index in [0.29, 0.717) is 35.4 Å². The lowest BCUT2D eigenvalue weighted by atomic mass is 10.1. The van der Waals surface area contributed by atoms with Crippen molar-refractivity contribution in [1.29, 1.82) is 5.41 Å². The Balaban J connectivity index is 2.22. The number of benzene rings is 1. The summed E-state index contributed by atoms with van der Waals surface area (Å²) in [4.78, 5) is 6.34. The molecule has 0 saturated heterocycles. The molecular formula is C13H15Cl3N4. The number of nitrogens with one attached hydrogen (secondary N) is 1. The summed E-state index contributed by atoms with van der Waals surface area (Å²) in [5.41, 5.74) is 6.79. The molecule has 1 unspecified atom stereocenters. The molecule has 1 aromatic carbocycles. The molecule has 1 atom stereocenters. The molecule has 1 aliphatic heterocycles. The first kappa shape index (κ1) is 15.6. The summed E-state index contributed by atoms with van der Waals surface area (Å²) in [6.07, 6.45) is 0.346. The summed E-state index contributed by atoms with van der Waals surface area (Å²) < 4.78 is 0. The summed E-state index contributed by atoms with van der Waals surface area (Å²) in [6, 6.07) is 5.25. The summed E-state index contributed by atoms with van der Waals surface area (Å²) >= 11 is 18.1. The summed E-state index contributed by atoms with van der Waals surface area (Å²) in [5.74, 6) is 0.504. The van der Waals surface area contributed by atoms with Gasteiger partial charge in [0.15, 0.2) is 0 Å². The van der Waals surface area contributed by atoms with Crippen molar-refractivity contribution in [3.8, 4) is 0 Å². The van der Waals surface area contributed by atoms with Crippen LogP contribution >= 0.6 is 34.8 Å². The van der Waals surface area contributed by atoms with Crippen LogP contribution in [0.25, 0.3) is 0 Å². The zero-order chi connectivity index (χ0) is 14.7. The topological polar surface area (TPSA) is 65.5 Å². The largest absolute Gasteiger partial charge is 0.386 e. The van der Waals surface area contributed by atoms with E-state index in [1.54, 1.807) is 0 Å². The third-order valence-corrected chi connectivity index (χ3v) is 4.12. The molecule has 1 heterocycles. The van der Waals surface area contributed by atoms with Gasteiger partial charge >= 0.3 is 0 Å². The molecule has 7 heteroatoms. The van der Waals surface area contributed by atoms with Crippen LogP contribution < -0.4 is 5.73 Å². The number of nitrogens with zero attached hydrogens (tertiary/aromatic N) is 2. The lowest BCUT2D eigenvalue weighted by molar-refractivity contribution is 0.232. The Morgan fingerprint density at radius 3 is 2.65 bits per heavy atom. The first-order valence-electron chi connectivity index (χ1n) is 6.18. The molecule has 0 fully saturated rings. The zero-order valence-electron chi connectivity index (χ0n) is 10.7. The summed E-state index contributed by atoms with van der Waals surface area (Å²) in [7, 11) is 0. The minimum Gasteiger partial charge on any atom is -0.386 e. The van der Waals surface area contributed by atoms with Crippen LogP contribution in [0.4, 0.5) is 0 Å². The second-order valence-corrected chi connectivity index (χ2v) is 5.87. The standard InChI is InChI=1S/C13H15Cl3N4/c14-9-2-1-3-10(15)8(9)7-20-5-4-19-13(18)11(20)6-12(16)17/h1-3,11,17H,4-7H2,(H2,18,19). The van der Waals surface area contributed by atoms with Gasteiger partial charge < -0.3 is 5.73 Å². The molecule has 20 heavy (non-hydrogen) atoms. The molecule has 0 radical (unpaired) electrons. The number of rotatable bonds is 4. The maximum absolute atomic E-state index is 7.45. The molecule has 0 aromatic heterocycles. The highest BCUT2D eigenvalue weighted by Crippen LogP contribution is 2.27. The fourth-order valence-corrected chi connectivity index (χ4v) is 2.90. The minimum atomic E-state index is -0.180. The normalized spacial score (nSPS) is 19.8. The number of halogens is 3. The molecule has 4 nitrogen and oxygen atoms in total. The molecule has 0 bridgehead atoms. The Labute approximate surface area is 133 Å². The average Bonchev–Trinajstić information content (AvgIpc) is 2.37. The maximum Gasteiger partial charge on any atom is 0.112 e. The van der Waals surface area contributed by atoms with Crippen LogP contribution in [-0.4, -0.2) is 35.0 Å². The van der Waals surface area contributed by atoms with E-state index in [1.165, 1.54) is 0 Å². The SMILES string of the molecule is N=C(Cl)CC1C(N)=NCCN1Cc1c(Cl)cccc1Cl. The van der Waals surface area contributed by atoms with Crippen molar-refractivity contribution in [2.45, 2.75) is 19.0 Å². The van der Waals surface area contributed by atoms with Crippen molar-refractivity contribution in [2.75, 3.05) is 13.1 Å². The number of hydrogen-bond acceptors (Lipinski definition) is 4. The van der Waals surface area contributed by atoms with Gasteiger partial charge in [-0.3, -0.25) is 15.3 Å². The van der Waals surface area contributed by atoms with E-state index in [2.05, 4.69) is 9.89 Å². The molecule has 0 saturated carbocycles. The summed E-state index contributed by atoms with van der Waals surface area (Å²) in [6.45, 7) is 1.92. The van der Waals surface area contributed by atoms with E-state index in [1.807, 2.05) is 18.2 Å². The Kier molecular flexibility index (Phi) is 5.27. The molecule has 0 aliphatic carbocycles. The minimum absolute atomic E-state index is 0.0605. The van der Waals surface area contributed by atoms with E-state index in [4.69, 9.17) is 45.9 Å². The molecule has 1 aliphatic rings. The highest BCUT2D eigenvalue weighted by Gasteiger charge is 2.27. The van der Waals surface area contributed by atoms with Crippen LogP contribution in [-0.2, 0) is 6.54 Å². The highest BCUT2D eigenvalue weighted by molar-refractivity contribution is 6.64. The van der Waals surface area contributed by atoms with Crippen LogP contribution in [0.15, 0.2) is 23.2 Å². The third kappa shape index (κ3) is 3.64. The second kappa shape index (κ2) is 6.76. The molecule has 1 aromatic rings. The number of nitrogens with two attached hydrogens (primary N) is 1. The van der Waals surface area contributed by atoms with Gasteiger partial charge in [0, 0.05) is 35.1 Å². The quantitative estimate of drug-likeness (QED) is 0.831. The monoisotopic (exact) mass is 332 g/mol. The van der Waals surface area contributed by atoms with Crippen molar-refractivity contribution < 1.29 is 0 Å². The van der Waals surface area contributed by atoms with Crippen LogP contribution in [0.2, 0.25) is 10.0 Å². The van der Waals surface area contributed by atoms with Crippen LogP contribution in [0.5, 0.6) is 0 Å². The molecule has 2 rings (SSSR count). The van der Waals surface area contributed by atoms with Gasteiger partial charge in [-0.1, -0.05) is 40.9 Å². The Hall–Kier alpha value is -0.810. The van der Waals surface area contributed by atoms with E-state index in [-0.39, 0.29) is 11.2 Å². The Morgan fingerprint density at radius 2 is 2.05 bits per heavy atom. The predicted molar refractivity (Wildman–Crippen MR) is 85.3 cm³/mol. The van der Waals surface area contributed by atoms with Gasteiger partial charge in [-0.25, -0.2) is 0 Å². The lowest BCUT2D eigenvalue weighted by Crippen LogP contribution is -2.49. The Morgan fingerprint density at radius 1 is 1.40 bits per heavy atom. The fraction of sp³-hybridized carbons (Fsp3) is 0.385. The lowest BCUT2D eigenvalue weighted by Gasteiger charge is -2.34. The molecule has 3 N–H and O–H groups in total.